The summed E-state index contributed by atoms with van der Waals surface area (Å²) in [5.41, 5.74) is 2.21. The average molecular weight is 469 g/mol. The first-order valence-corrected chi connectivity index (χ1v) is 11.1. The molecule has 1 fully saturated rings. The molecule has 164 valence electrons. The number of fused-ring (bicyclic) bond motifs is 3. The van der Waals surface area contributed by atoms with E-state index < -0.39 is 11.5 Å². The molecular weight excluding hydrogens is 447 g/mol. The molecule has 0 aliphatic carbocycles. The van der Waals surface area contributed by atoms with Crippen molar-refractivity contribution in [2.45, 2.75) is 30.7 Å². The smallest absolute Gasteiger partial charge is 0.262 e. The van der Waals surface area contributed by atoms with Gasteiger partial charge in [-0.2, -0.15) is 5.10 Å². The van der Waals surface area contributed by atoms with Crippen LogP contribution in [0.4, 0.5) is 5.69 Å². The molecule has 6 nitrogen and oxygen atoms in total. The maximum Gasteiger partial charge on any atom is 0.262 e. The number of hydrogen-bond donors (Lipinski definition) is 1. The van der Waals surface area contributed by atoms with Crippen LogP contribution in [-0.4, -0.2) is 47.2 Å². The van der Waals surface area contributed by atoms with Gasteiger partial charge in [0.2, 0.25) is 5.91 Å². The number of carbonyl (C=O) groups is 2. The number of nitrogens with zero attached hydrogens (tertiary/aromatic N) is 3. The summed E-state index contributed by atoms with van der Waals surface area (Å²) >= 11 is 12.6. The van der Waals surface area contributed by atoms with Crippen LogP contribution in [0.1, 0.15) is 30.4 Å². The van der Waals surface area contributed by atoms with Crippen LogP contribution >= 0.6 is 23.2 Å². The number of amides is 2. The fourth-order valence-corrected chi connectivity index (χ4v) is 5.88. The van der Waals surface area contributed by atoms with Crippen molar-refractivity contribution >= 4 is 46.5 Å². The summed E-state index contributed by atoms with van der Waals surface area (Å²) in [6.45, 7) is 6.28. The van der Waals surface area contributed by atoms with Crippen LogP contribution in [0.2, 0.25) is 10.0 Å². The summed E-state index contributed by atoms with van der Waals surface area (Å²) in [4.78, 5) is 28.5. The van der Waals surface area contributed by atoms with Gasteiger partial charge >= 0.3 is 0 Å². The Balaban J connectivity index is 1.82. The second-order valence-corrected chi connectivity index (χ2v) is 9.51. The summed E-state index contributed by atoms with van der Waals surface area (Å²) < 4.78 is 0. The van der Waals surface area contributed by atoms with Crippen LogP contribution in [0, 0.1) is 0 Å². The number of amidine groups is 1. The first-order valence-electron chi connectivity index (χ1n) is 10.4. The molecule has 0 radical (unpaired) electrons. The first kappa shape index (κ1) is 21.0. The quantitative estimate of drug-likeness (QED) is 0.664. The van der Waals surface area contributed by atoms with Crippen LogP contribution in [0.25, 0.3) is 0 Å². The third-order valence-electron chi connectivity index (χ3n) is 6.71. The fraction of sp³-hybridized carbons (Fsp3) is 0.292. The maximum atomic E-state index is 13.9. The largest absolute Gasteiger partial charge is 0.341 e. The van der Waals surface area contributed by atoms with Crippen LogP contribution in [-0.2, 0) is 15.0 Å². The number of piperidine rings is 1. The minimum Gasteiger partial charge on any atom is -0.341 e. The zero-order chi connectivity index (χ0) is 22.8. The standard InChI is InChI=1S/C24H22Cl2N4O2/c1-13(2)22-24(17-8-7-16(26)10-19(17)27-23(24)32)18(14-5-4-6-15(25)9-14)11-20-28-29(3)21(31)12-30(20)22/h4-10,18,22H,1,11-12H2,2-3H3,(H,27,32)/t18-,22+,24-/m0/s1. The molecule has 3 heterocycles. The lowest BCUT2D eigenvalue weighted by Gasteiger charge is -2.54. The monoisotopic (exact) mass is 468 g/mol. The van der Waals surface area contributed by atoms with Crippen molar-refractivity contribution < 1.29 is 9.59 Å². The van der Waals surface area contributed by atoms with Gasteiger partial charge in [0.25, 0.3) is 5.91 Å². The van der Waals surface area contributed by atoms with Gasteiger partial charge in [-0.25, -0.2) is 5.01 Å². The second-order valence-electron chi connectivity index (χ2n) is 8.64. The molecule has 0 unspecified atom stereocenters. The Bertz CT molecular complexity index is 1210. The van der Waals surface area contributed by atoms with Gasteiger partial charge in [0.1, 0.15) is 17.8 Å². The lowest BCUT2D eigenvalue weighted by atomic mass is 9.58. The lowest BCUT2D eigenvalue weighted by molar-refractivity contribution is -0.134. The molecule has 1 saturated heterocycles. The number of halogens is 2. The van der Waals surface area contributed by atoms with Gasteiger partial charge in [-0.3, -0.25) is 9.59 Å². The molecule has 2 aromatic carbocycles. The Labute approximate surface area is 196 Å². The van der Waals surface area contributed by atoms with Crippen molar-refractivity contribution in [3.63, 3.8) is 0 Å². The van der Waals surface area contributed by atoms with Gasteiger partial charge in [-0.05, 0) is 42.3 Å². The highest BCUT2D eigenvalue weighted by molar-refractivity contribution is 6.31. The van der Waals surface area contributed by atoms with Crippen molar-refractivity contribution in [1.82, 2.24) is 9.91 Å². The molecule has 2 aromatic rings. The summed E-state index contributed by atoms with van der Waals surface area (Å²) in [5.74, 6) is 0.206. The molecular formula is C24H22Cl2N4O2. The summed E-state index contributed by atoms with van der Waals surface area (Å²) in [6, 6.07) is 12.6. The molecule has 32 heavy (non-hydrogen) atoms. The fourth-order valence-electron chi connectivity index (χ4n) is 5.51. The molecule has 2 amide bonds. The highest BCUT2D eigenvalue weighted by Gasteiger charge is 2.63. The Morgan fingerprint density at radius 2 is 1.94 bits per heavy atom. The van der Waals surface area contributed by atoms with Gasteiger partial charge in [-0.15, -0.1) is 0 Å². The number of likely N-dealkylation sites (N-methyl/N-ethyl adjacent to an activating group) is 1. The van der Waals surface area contributed by atoms with Crippen LogP contribution < -0.4 is 5.32 Å². The Hall–Kier alpha value is -2.83. The van der Waals surface area contributed by atoms with E-state index in [2.05, 4.69) is 17.0 Å². The highest BCUT2D eigenvalue weighted by atomic mass is 35.5. The number of benzene rings is 2. The molecule has 0 saturated carbocycles. The predicted molar refractivity (Wildman–Crippen MR) is 126 cm³/mol. The van der Waals surface area contributed by atoms with E-state index in [0.717, 1.165) is 22.5 Å². The third kappa shape index (κ3) is 2.90. The summed E-state index contributed by atoms with van der Waals surface area (Å²) in [6.07, 6.45) is 0.469. The van der Waals surface area contributed by atoms with Crippen molar-refractivity contribution in [3.05, 3.63) is 75.8 Å². The minimum atomic E-state index is -1.02. The molecule has 0 aromatic heterocycles. The second kappa shape index (κ2) is 7.36. The number of hydrogen-bond acceptors (Lipinski definition) is 4. The van der Waals surface area contributed by atoms with E-state index in [0.29, 0.717) is 22.2 Å². The number of anilines is 1. The first-order chi connectivity index (χ1) is 15.2. The van der Waals surface area contributed by atoms with Gasteiger partial charge in [-0.1, -0.05) is 53.6 Å². The van der Waals surface area contributed by atoms with E-state index in [1.165, 1.54) is 5.01 Å². The Kier molecular flexibility index (Phi) is 4.84. The lowest BCUT2D eigenvalue weighted by Crippen LogP contribution is -2.66. The highest BCUT2D eigenvalue weighted by Crippen LogP contribution is 2.56. The van der Waals surface area contributed by atoms with Crippen molar-refractivity contribution in [2.75, 3.05) is 18.9 Å². The molecule has 1 N–H and O–H groups in total. The number of rotatable bonds is 2. The number of hydrazone groups is 1. The molecule has 3 atom stereocenters. The van der Waals surface area contributed by atoms with Crippen LogP contribution in [0.5, 0.6) is 0 Å². The van der Waals surface area contributed by atoms with Gasteiger partial charge in [0.15, 0.2) is 0 Å². The maximum absolute atomic E-state index is 13.9. The topological polar surface area (TPSA) is 65.0 Å². The molecule has 5 rings (SSSR count). The molecule has 0 bridgehead atoms. The van der Waals surface area contributed by atoms with Gasteiger partial charge < -0.3 is 10.2 Å². The number of carbonyl (C=O) groups excluding carboxylic acids is 2. The normalized spacial score (nSPS) is 26.6. The SMILES string of the molecule is C=C(C)[C@H]1N2CC(=O)N(C)N=C2C[C@@H](c2cccc(Cl)c2)[C@]12C(=O)Nc1cc(Cl)ccc12. The zero-order valence-electron chi connectivity index (χ0n) is 17.7. The van der Waals surface area contributed by atoms with E-state index in [1.807, 2.05) is 42.2 Å². The average Bonchev–Trinajstić information content (AvgIpc) is 3.00. The van der Waals surface area contributed by atoms with E-state index >= 15 is 0 Å². The number of nitrogens with one attached hydrogen (secondary N) is 1. The van der Waals surface area contributed by atoms with Gasteiger partial charge in [0, 0.05) is 35.1 Å². The molecule has 8 heteroatoms. The third-order valence-corrected chi connectivity index (χ3v) is 7.18. The van der Waals surface area contributed by atoms with E-state index in [4.69, 9.17) is 23.2 Å². The Morgan fingerprint density at radius 3 is 2.66 bits per heavy atom. The molecule has 1 spiro atoms. The zero-order valence-corrected chi connectivity index (χ0v) is 19.2. The molecule has 3 aliphatic rings. The van der Waals surface area contributed by atoms with Crippen LogP contribution in [0.15, 0.2) is 59.7 Å². The summed E-state index contributed by atoms with van der Waals surface area (Å²) in [5, 5.41) is 10.1. The summed E-state index contributed by atoms with van der Waals surface area (Å²) in [7, 11) is 1.65. The van der Waals surface area contributed by atoms with Crippen LogP contribution in [0.3, 0.4) is 0 Å². The van der Waals surface area contributed by atoms with E-state index in [-0.39, 0.29) is 24.3 Å². The van der Waals surface area contributed by atoms with Crippen molar-refractivity contribution in [2.24, 2.45) is 5.10 Å². The van der Waals surface area contributed by atoms with Gasteiger partial charge in [0.05, 0.1) is 6.04 Å². The predicted octanol–water partition coefficient (Wildman–Crippen LogP) is 4.40. The van der Waals surface area contributed by atoms with E-state index in [9.17, 15) is 9.59 Å². The Morgan fingerprint density at radius 1 is 1.19 bits per heavy atom. The minimum absolute atomic E-state index is 0.132. The van der Waals surface area contributed by atoms with E-state index in [1.54, 1.807) is 19.2 Å². The van der Waals surface area contributed by atoms with Crippen molar-refractivity contribution in [3.8, 4) is 0 Å². The van der Waals surface area contributed by atoms with Crippen molar-refractivity contribution in [1.29, 1.82) is 0 Å². The molecule has 3 aliphatic heterocycles.